The molecule has 0 unspecified atom stereocenters. The number of hydrogen-bond donors (Lipinski definition) is 1. The molecule has 0 saturated heterocycles. The van der Waals surface area contributed by atoms with Crippen LogP contribution < -0.4 is 4.90 Å². The minimum Gasteiger partial charge on any atom is -0.481 e. The molecule has 0 aliphatic carbocycles. The summed E-state index contributed by atoms with van der Waals surface area (Å²) in [5.74, 6) is -1.01. The molecule has 0 bridgehead atoms. The summed E-state index contributed by atoms with van der Waals surface area (Å²) in [6, 6.07) is 16.0. The molecule has 20 heavy (non-hydrogen) atoms. The van der Waals surface area contributed by atoms with Crippen LogP contribution in [0.5, 0.6) is 0 Å². The molecule has 2 rings (SSSR count). The molecule has 0 aliphatic rings. The van der Waals surface area contributed by atoms with Gasteiger partial charge >= 0.3 is 5.97 Å². The van der Waals surface area contributed by atoms with E-state index >= 15 is 0 Å². The van der Waals surface area contributed by atoms with E-state index in [-0.39, 0.29) is 12.3 Å². The maximum Gasteiger partial charge on any atom is 0.307 e. The molecule has 0 spiro atoms. The SMILES string of the molecule is CN(C(=O)c1ccc(CC(=O)O)cc1)c1ccccc1. The summed E-state index contributed by atoms with van der Waals surface area (Å²) in [5, 5.41) is 8.71. The van der Waals surface area contributed by atoms with Crippen molar-refractivity contribution in [3.63, 3.8) is 0 Å². The minimum atomic E-state index is -0.884. The molecule has 2 aromatic carbocycles. The Morgan fingerprint density at radius 1 is 1.00 bits per heavy atom. The first kappa shape index (κ1) is 13.8. The lowest BCUT2D eigenvalue weighted by atomic mass is 10.1. The number of carboxylic acid groups (broad SMARTS) is 1. The topological polar surface area (TPSA) is 57.6 Å². The molecule has 0 aliphatic heterocycles. The number of aliphatic carboxylic acids is 1. The molecule has 0 fully saturated rings. The van der Waals surface area contributed by atoms with Gasteiger partial charge in [0.15, 0.2) is 0 Å². The van der Waals surface area contributed by atoms with E-state index in [1.165, 1.54) is 0 Å². The summed E-state index contributed by atoms with van der Waals surface area (Å²) in [6.07, 6.45) is -0.0387. The van der Waals surface area contributed by atoms with Gasteiger partial charge in [0.2, 0.25) is 0 Å². The molecular weight excluding hydrogens is 254 g/mol. The van der Waals surface area contributed by atoms with Gasteiger partial charge in [-0.1, -0.05) is 30.3 Å². The number of carboxylic acids is 1. The van der Waals surface area contributed by atoms with Crippen LogP contribution in [0.2, 0.25) is 0 Å². The van der Waals surface area contributed by atoms with E-state index in [2.05, 4.69) is 0 Å². The van der Waals surface area contributed by atoms with E-state index in [0.29, 0.717) is 11.1 Å². The quantitative estimate of drug-likeness (QED) is 0.928. The standard InChI is InChI=1S/C16H15NO3/c1-17(14-5-3-2-4-6-14)16(20)13-9-7-12(8-10-13)11-15(18)19/h2-10H,11H2,1H3,(H,18,19). The van der Waals surface area contributed by atoms with Crippen molar-refractivity contribution in [3.8, 4) is 0 Å². The number of anilines is 1. The average Bonchev–Trinajstić information content (AvgIpc) is 2.47. The van der Waals surface area contributed by atoms with Crippen molar-refractivity contribution in [2.45, 2.75) is 6.42 Å². The zero-order valence-corrected chi connectivity index (χ0v) is 11.1. The summed E-state index contributed by atoms with van der Waals surface area (Å²) in [6.45, 7) is 0. The first-order valence-corrected chi connectivity index (χ1v) is 6.22. The van der Waals surface area contributed by atoms with Crippen molar-refractivity contribution < 1.29 is 14.7 Å². The fourth-order valence-corrected chi connectivity index (χ4v) is 1.90. The molecule has 2 aromatic rings. The van der Waals surface area contributed by atoms with Crippen LogP contribution in [0.25, 0.3) is 0 Å². The minimum absolute atomic E-state index is 0.0387. The molecule has 4 heteroatoms. The van der Waals surface area contributed by atoms with Crippen molar-refractivity contribution in [2.24, 2.45) is 0 Å². The number of nitrogens with zero attached hydrogens (tertiary/aromatic N) is 1. The van der Waals surface area contributed by atoms with Crippen molar-refractivity contribution in [3.05, 3.63) is 65.7 Å². The number of carbonyl (C=O) groups is 2. The smallest absolute Gasteiger partial charge is 0.307 e. The first-order valence-electron chi connectivity index (χ1n) is 6.22. The molecule has 0 atom stereocenters. The van der Waals surface area contributed by atoms with Crippen LogP contribution in [0.1, 0.15) is 15.9 Å². The van der Waals surface area contributed by atoms with Crippen LogP contribution in [0.3, 0.4) is 0 Å². The fourth-order valence-electron chi connectivity index (χ4n) is 1.90. The molecule has 102 valence electrons. The van der Waals surface area contributed by atoms with Crippen molar-refractivity contribution >= 4 is 17.6 Å². The maximum absolute atomic E-state index is 12.3. The Morgan fingerprint density at radius 2 is 1.60 bits per heavy atom. The molecule has 0 radical (unpaired) electrons. The summed E-state index contributed by atoms with van der Waals surface area (Å²) < 4.78 is 0. The van der Waals surface area contributed by atoms with Gasteiger partial charge < -0.3 is 10.0 Å². The van der Waals surface area contributed by atoms with E-state index in [1.54, 1.807) is 36.2 Å². The highest BCUT2D eigenvalue weighted by Crippen LogP contribution is 2.15. The van der Waals surface area contributed by atoms with Gasteiger partial charge in [-0.25, -0.2) is 0 Å². The van der Waals surface area contributed by atoms with Gasteiger partial charge in [0.05, 0.1) is 6.42 Å². The van der Waals surface area contributed by atoms with E-state index in [4.69, 9.17) is 5.11 Å². The number of hydrogen-bond acceptors (Lipinski definition) is 2. The number of carbonyl (C=O) groups excluding carboxylic acids is 1. The summed E-state index contributed by atoms with van der Waals surface area (Å²) in [7, 11) is 1.71. The average molecular weight is 269 g/mol. The summed E-state index contributed by atoms with van der Waals surface area (Å²) in [4.78, 5) is 24.5. The predicted molar refractivity (Wildman–Crippen MR) is 77.0 cm³/mol. The first-order chi connectivity index (χ1) is 9.58. The van der Waals surface area contributed by atoms with Crippen LogP contribution in [0.4, 0.5) is 5.69 Å². The maximum atomic E-state index is 12.3. The van der Waals surface area contributed by atoms with Crippen LogP contribution in [0.15, 0.2) is 54.6 Å². The number of rotatable bonds is 4. The van der Waals surface area contributed by atoms with Gasteiger partial charge in [-0.3, -0.25) is 9.59 Å². The number of benzene rings is 2. The van der Waals surface area contributed by atoms with Crippen LogP contribution in [0, 0.1) is 0 Å². The second kappa shape index (κ2) is 6.02. The van der Waals surface area contributed by atoms with Gasteiger partial charge in [0.25, 0.3) is 5.91 Å². The van der Waals surface area contributed by atoms with Gasteiger partial charge in [0, 0.05) is 18.3 Å². The van der Waals surface area contributed by atoms with E-state index < -0.39 is 5.97 Å². The largest absolute Gasteiger partial charge is 0.481 e. The molecule has 0 heterocycles. The lowest BCUT2D eigenvalue weighted by Crippen LogP contribution is -2.26. The van der Waals surface area contributed by atoms with Crippen molar-refractivity contribution in [1.82, 2.24) is 0 Å². The molecule has 4 nitrogen and oxygen atoms in total. The number of para-hydroxylation sites is 1. The second-order valence-electron chi connectivity index (χ2n) is 4.47. The second-order valence-corrected chi connectivity index (χ2v) is 4.47. The fraction of sp³-hybridized carbons (Fsp3) is 0.125. The molecule has 1 amide bonds. The van der Waals surface area contributed by atoms with Gasteiger partial charge in [-0.15, -0.1) is 0 Å². The van der Waals surface area contributed by atoms with E-state index in [1.807, 2.05) is 30.3 Å². The van der Waals surface area contributed by atoms with Gasteiger partial charge in [0.1, 0.15) is 0 Å². The third kappa shape index (κ3) is 3.23. The third-order valence-corrected chi connectivity index (χ3v) is 3.00. The van der Waals surface area contributed by atoms with E-state index in [0.717, 1.165) is 5.69 Å². The highest BCUT2D eigenvalue weighted by Gasteiger charge is 2.13. The molecule has 1 N–H and O–H groups in total. The molecular formula is C16H15NO3. The highest BCUT2D eigenvalue weighted by atomic mass is 16.4. The Balaban J connectivity index is 2.15. The summed E-state index contributed by atoms with van der Waals surface area (Å²) in [5.41, 5.74) is 2.02. The van der Waals surface area contributed by atoms with Crippen molar-refractivity contribution in [1.29, 1.82) is 0 Å². The zero-order valence-electron chi connectivity index (χ0n) is 11.1. The normalized spacial score (nSPS) is 10.1. The Morgan fingerprint density at radius 3 is 2.15 bits per heavy atom. The van der Waals surface area contributed by atoms with Crippen LogP contribution in [-0.2, 0) is 11.2 Å². The number of amides is 1. The Bertz CT molecular complexity index is 605. The Kier molecular flexibility index (Phi) is 4.15. The van der Waals surface area contributed by atoms with E-state index in [9.17, 15) is 9.59 Å². The van der Waals surface area contributed by atoms with Crippen molar-refractivity contribution in [2.75, 3.05) is 11.9 Å². The Labute approximate surface area is 117 Å². The van der Waals surface area contributed by atoms with Gasteiger partial charge in [-0.05, 0) is 29.8 Å². The monoisotopic (exact) mass is 269 g/mol. The summed E-state index contributed by atoms with van der Waals surface area (Å²) >= 11 is 0. The lowest BCUT2D eigenvalue weighted by Gasteiger charge is -2.17. The third-order valence-electron chi connectivity index (χ3n) is 3.00. The lowest BCUT2D eigenvalue weighted by molar-refractivity contribution is -0.136. The highest BCUT2D eigenvalue weighted by molar-refractivity contribution is 6.05. The van der Waals surface area contributed by atoms with Crippen LogP contribution >= 0.6 is 0 Å². The Hall–Kier alpha value is -2.62. The van der Waals surface area contributed by atoms with Crippen LogP contribution in [-0.4, -0.2) is 24.0 Å². The predicted octanol–water partition coefficient (Wildman–Crippen LogP) is 2.59. The zero-order chi connectivity index (χ0) is 14.5. The molecule has 0 saturated carbocycles. The van der Waals surface area contributed by atoms with Gasteiger partial charge in [-0.2, -0.15) is 0 Å². The molecule has 0 aromatic heterocycles.